The summed E-state index contributed by atoms with van der Waals surface area (Å²) >= 11 is 0. The Hall–Kier alpha value is -2.41. The van der Waals surface area contributed by atoms with Gasteiger partial charge in [-0.05, 0) is 24.3 Å². The highest BCUT2D eigenvalue weighted by Crippen LogP contribution is 2.23. The number of imidazole rings is 1. The number of hydrogen-bond acceptors (Lipinski definition) is 4. The number of fused-ring (bicyclic) bond motifs is 1. The summed E-state index contributed by atoms with van der Waals surface area (Å²) in [5.74, 6) is -0.146. The fraction of sp³-hybridized carbons (Fsp3) is 0.412. The standard InChI is InChI=1S/C17H20FN5O/c18-12-1-3-13(4-2-12)22-7-9-23(10-8-22)17(24)16-15-14(5-6-19-16)20-11-21-15/h1-4,11,16,19H,5-10H2,(H,20,21)/t16-/m1/s1. The van der Waals surface area contributed by atoms with Crippen LogP contribution < -0.4 is 10.2 Å². The highest BCUT2D eigenvalue weighted by molar-refractivity contribution is 5.83. The third-order valence-electron chi connectivity index (χ3n) is 4.78. The zero-order valence-corrected chi connectivity index (χ0v) is 13.3. The molecule has 3 heterocycles. The van der Waals surface area contributed by atoms with Crippen LogP contribution >= 0.6 is 0 Å². The van der Waals surface area contributed by atoms with Crippen LogP contribution in [0.4, 0.5) is 10.1 Å². The molecular formula is C17H20FN5O. The van der Waals surface area contributed by atoms with Gasteiger partial charge in [-0.25, -0.2) is 9.37 Å². The minimum atomic E-state index is -0.350. The molecule has 1 saturated heterocycles. The molecule has 1 aromatic carbocycles. The Labute approximate surface area is 139 Å². The van der Waals surface area contributed by atoms with Gasteiger partial charge in [-0.3, -0.25) is 4.79 Å². The number of rotatable bonds is 2. The second-order valence-corrected chi connectivity index (χ2v) is 6.19. The molecule has 0 radical (unpaired) electrons. The zero-order valence-electron chi connectivity index (χ0n) is 13.3. The molecule has 2 aliphatic rings. The largest absolute Gasteiger partial charge is 0.368 e. The first-order chi connectivity index (χ1) is 11.7. The lowest BCUT2D eigenvalue weighted by Gasteiger charge is -2.38. The van der Waals surface area contributed by atoms with Crippen LogP contribution in [0.2, 0.25) is 0 Å². The third kappa shape index (κ3) is 2.75. The number of amides is 1. The molecule has 6 nitrogen and oxygen atoms in total. The molecule has 1 atom stereocenters. The first-order valence-electron chi connectivity index (χ1n) is 8.27. The Bertz CT molecular complexity index is 721. The lowest BCUT2D eigenvalue weighted by molar-refractivity contribution is -0.134. The maximum absolute atomic E-state index is 13.0. The summed E-state index contributed by atoms with van der Waals surface area (Å²) in [5, 5.41) is 3.28. The van der Waals surface area contributed by atoms with Crippen molar-refractivity contribution in [3.05, 3.63) is 47.8 Å². The molecule has 2 aliphatic heterocycles. The van der Waals surface area contributed by atoms with E-state index in [1.807, 2.05) is 4.90 Å². The molecule has 4 rings (SSSR count). The van der Waals surface area contributed by atoms with Crippen molar-refractivity contribution in [3.8, 4) is 0 Å². The lowest BCUT2D eigenvalue weighted by atomic mass is 10.0. The van der Waals surface area contributed by atoms with E-state index in [-0.39, 0.29) is 17.8 Å². The van der Waals surface area contributed by atoms with E-state index in [2.05, 4.69) is 20.2 Å². The fourth-order valence-electron chi connectivity index (χ4n) is 3.44. The Balaban J connectivity index is 1.41. The zero-order chi connectivity index (χ0) is 16.5. The van der Waals surface area contributed by atoms with Crippen LogP contribution in [0.15, 0.2) is 30.6 Å². The van der Waals surface area contributed by atoms with Crippen LogP contribution in [0.1, 0.15) is 17.4 Å². The van der Waals surface area contributed by atoms with Gasteiger partial charge in [-0.15, -0.1) is 0 Å². The Morgan fingerprint density at radius 1 is 1.17 bits per heavy atom. The number of aromatic nitrogens is 2. The Kier molecular flexibility index (Phi) is 3.93. The van der Waals surface area contributed by atoms with Crippen LogP contribution in [0, 0.1) is 5.82 Å². The molecule has 0 saturated carbocycles. The Morgan fingerprint density at radius 3 is 2.67 bits per heavy atom. The van der Waals surface area contributed by atoms with Crippen LogP contribution in [-0.2, 0) is 11.2 Å². The summed E-state index contributed by atoms with van der Waals surface area (Å²) in [6.07, 6.45) is 2.53. The molecule has 1 fully saturated rings. The quantitative estimate of drug-likeness (QED) is 0.866. The van der Waals surface area contributed by atoms with Gasteiger partial charge >= 0.3 is 0 Å². The summed E-state index contributed by atoms with van der Waals surface area (Å²) in [6, 6.07) is 6.16. The van der Waals surface area contributed by atoms with Gasteiger partial charge in [0.2, 0.25) is 5.91 Å². The second kappa shape index (κ2) is 6.24. The topological polar surface area (TPSA) is 64.3 Å². The molecule has 2 aromatic rings. The molecular weight excluding hydrogens is 309 g/mol. The number of carbonyl (C=O) groups is 1. The minimum absolute atomic E-state index is 0.0850. The maximum Gasteiger partial charge on any atom is 0.246 e. The summed E-state index contributed by atoms with van der Waals surface area (Å²) < 4.78 is 13.0. The van der Waals surface area contributed by atoms with Crippen LogP contribution in [0.3, 0.4) is 0 Å². The number of aromatic amines is 1. The molecule has 0 aliphatic carbocycles. The summed E-state index contributed by atoms with van der Waals surface area (Å²) in [5.41, 5.74) is 2.87. The van der Waals surface area contributed by atoms with E-state index in [1.54, 1.807) is 18.5 Å². The minimum Gasteiger partial charge on any atom is -0.368 e. The number of piperazine rings is 1. The van der Waals surface area contributed by atoms with Gasteiger partial charge < -0.3 is 20.1 Å². The van der Waals surface area contributed by atoms with Crippen LogP contribution in [0.5, 0.6) is 0 Å². The molecule has 2 N–H and O–H groups in total. The SMILES string of the molecule is O=C([C@@H]1NCCc2[nH]cnc21)N1CCN(c2ccc(F)cc2)CC1. The van der Waals surface area contributed by atoms with Gasteiger partial charge in [0.15, 0.2) is 0 Å². The smallest absolute Gasteiger partial charge is 0.246 e. The number of benzene rings is 1. The highest BCUT2D eigenvalue weighted by Gasteiger charge is 2.33. The number of nitrogens with one attached hydrogen (secondary N) is 2. The van der Waals surface area contributed by atoms with E-state index < -0.39 is 0 Å². The lowest BCUT2D eigenvalue weighted by Crippen LogP contribution is -2.52. The van der Waals surface area contributed by atoms with Crippen molar-refractivity contribution in [2.75, 3.05) is 37.6 Å². The number of hydrogen-bond donors (Lipinski definition) is 2. The molecule has 1 aromatic heterocycles. The van der Waals surface area contributed by atoms with Gasteiger partial charge in [0.25, 0.3) is 0 Å². The summed E-state index contributed by atoms with van der Waals surface area (Å²) in [7, 11) is 0. The van der Waals surface area contributed by atoms with Gasteiger partial charge in [0, 0.05) is 50.5 Å². The monoisotopic (exact) mass is 329 g/mol. The van der Waals surface area contributed by atoms with E-state index in [9.17, 15) is 9.18 Å². The molecule has 0 spiro atoms. The molecule has 0 bridgehead atoms. The van der Waals surface area contributed by atoms with Gasteiger partial charge in [-0.2, -0.15) is 0 Å². The fourth-order valence-corrected chi connectivity index (χ4v) is 3.44. The van der Waals surface area contributed by atoms with E-state index in [0.717, 1.165) is 43.1 Å². The molecule has 126 valence electrons. The van der Waals surface area contributed by atoms with E-state index in [0.29, 0.717) is 13.1 Å². The molecule has 24 heavy (non-hydrogen) atoms. The Morgan fingerprint density at radius 2 is 1.92 bits per heavy atom. The van der Waals surface area contributed by atoms with Gasteiger partial charge in [-0.1, -0.05) is 0 Å². The van der Waals surface area contributed by atoms with Crippen molar-refractivity contribution < 1.29 is 9.18 Å². The van der Waals surface area contributed by atoms with Crippen LogP contribution in [-0.4, -0.2) is 53.5 Å². The molecule has 0 unspecified atom stereocenters. The number of nitrogens with zero attached hydrogens (tertiary/aromatic N) is 3. The van der Waals surface area contributed by atoms with Crippen molar-refractivity contribution in [3.63, 3.8) is 0 Å². The van der Waals surface area contributed by atoms with E-state index in [4.69, 9.17) is 0 Å². The first kappa shape index (κ1) is 15.1. The predicted octanol–water partition coefficient (Wildman–Crippen LogP) is 1.08. The van der Waals surface area contributed by atoms with Crippen LogP contribution in [0.25, 0.3) is 0 Å². The summed E-state index contributed by atoms with van der Waals surface area (Å²) in [4.78, 5) is 24.3. The normalized spacial score (nSPS) is 20.8. The van der Waals surface area contributed by atoms with Gasteiger partial charge in [0.05, 0.1) is 12.0 Å². The molecule has 1 amide bonds. The third-order valence-corrected chi connectivity index (χ3v) is 4.78. The predicted molar refractivity (Wildman–Crippen MR) is 88.2 cm³/mol. The van der Waals surface area contributed by atoms with Crippen molar-refractivity contribution in [2.24, 2.45) is 0 Å². The number of H-pyrrole nitrogens is 1. The summed E-state index contributed by atoms with van der Waals surface area (Å²) in [6.45, 7) is 3.60. The van der Waals surface area contributed by atoms with Crippen molar-refractivity contribution in [2.45, 2.75) is 12.5 Å². The maximum atomic E-state index is 13.0. The van der Waals surface area contributed by atoms with E-state index >= 15 is 0 Å². The average Bonchev–Trinajstić information content (AvgIpc) is 3.11. The van der Waals surface area contributed by atoms with Crippen molar-refractivity contribution in [1.82, 2.24) is 20.2 Å². The average molecular weight is 329 g/mol. The van der Waals surface area contributed by atoms with Gasteiger partial charge in [0.1, 0.15) is 11.9 Å². The molecule has 7 heteroatoms. The van der Waals surface area contributed by atoms with Crippen molar-refractivity contribution in [1.29, 1.82) is 0 Å². The van der Waals surface area contributed by atoms with E-state index in [1.165, 1.54) is 12.1 Å². The first-order valence-corrected chi connectivity index (χ1v) is 8.27. The number of halogens is 1. The number of carbonyl (C=O) groups excluding carboxylic acids is 1. The second-order valence-electron chi connectivity index (χ2n) is 6.19. The van der Waals surface area contributed by atoms with Crippen molar-refractivity contribution >= 4 is 11.6 Å². The highest BCUT2D eigenvalue weighted by atomic mass is 19.1. The number of anilines is 1.